The molecule has 5 aromatic rings. The number of halogens is 3. The van der Waals surface area contributed by atoms with Gasteiger partial charge in [0.15, 0.2) is 4.80 Å². The topological polar surface area (TPSA) is 86.7 Å². The van der Waals surface area contributed by atoms with Gasteiger partial charge in [-0.05, 0) is 115 Å². The number of benzene rings is 4. The van der Waals surface area contributed by atoms with Crippen molar-refractivity contribution in [3.63, 3.8) is 0 Å². The number of thiazole rings is 1. The van der Waals surface area contributed by atoms with Crippen LogP contribution in [0.3, 0.4) is 0 Å². The SMILES string of the molecule is O=c1/c(=C\c2cc(Br)c(OCc3ccc([N+](=O)[O-])cc3)c(Br)c2)sc2n1[C@H](c1ccc(F)cc1)C1=C(N=2)c2ccccc2CC1. The Hall–Kier alpha value is -4.19. The lowest BCUT2D eigenvalue weighted by Crippen LogP contribution is -2.38. The summed E-state index contributed by atoms with van der Waals surface area (Å²) in [5.74, 6) is 0.236. The summed E-state index contributed by atoms with van der Waals surface area (Å²) in [4.78, 5) is 30.2. The molecule has 0 fully saturated rings. The van der Waals surface area contributed by atoms with Crippen LogP contribution in [0.1, 0.15) is 40.3 Å². The number of allylic oxidation sites excluding steroid dienone is 1. The highest BCUT2D eigenvalue weighted by molar-refractivity contribution is 9.11. The van der Waals surface area contributed by atoms with Crippen molar-refractivity contribution in [1.29, 1.82) is 0 Å². The molecule has 7 rings (SSSR count). The van der Waals surface area contributed by atoms with Crippen LogP contribution in [0.25, 0.3) is 11.8 Å². The van der Waals surface area contributed by atoms with Crippen LogP contribution in [0.4, 0.5) is 10.1 Å². The number of rotatable bonds is 6. The second-order valence-corrected chi connectivity index (χ2v) is 13.4. The lowest BCUT2D eigenvalue weighted by molar-refractivity contribution is -0.384. The van der Waals surface area contributed by atoms with Gasteiger partial charge < -0.3 is 4.74 Å². The molecule has 0 bridgehead atoms. The van der Waals surface area contributed by atoms with E-state index in [2.05, 4.69) is 44.0 Å². The van der Waals surface area contributed by atoms with Gasteiger partial charge in [-0.1, -0.05) is 47.7 Å². The van der Waals surface area contributed by atoms with Crippen molar-refractivity contribution in [2.24, 2.45) is 4.99 Å². The smallest absolute Gasteiger partial charge is 0.271 e. The van der Waals surface area contributed by atoms with E-state index in [0.717, 1.165) is 46.4 Å². The number of aromatic nitrogens is 1. The molecular weight excluding hydrogens is 725 g/mol. The number of hydrogen-bond acceptors (Lipinski definition) is 6. The van der Waals surface area contributed by atoms with Gasteiger partial charge in [0.1, 0.15) is 18.2 Å². The van der Waals surface area contributed by atoms with Gasteiger partial charge in [-0.2, -0.15) is 0 Å². The van der Waals surface area contributed by atoms with Crippen LogP contribution in [-0.2, 0) is 13.0 Å². The fourth-order valence-electron chi connectivity index (χ4n) is 5.79. The predicted molar refractivity (Wildman–Crippen MR) is 178 cm³/mol. The molecule has 0 radical (unpaired) electrons. The molecule has 0 unspecified atom stereocenters. The first kappa shape index (κ1) is 29.5. The normalized spacial score (nSPS) is 15.6. The summed E-state index contributed by atoms with van der Waals surface area (Å²) in [5, 5.41) is 10.9. The second kappa shape index (κ2) is 12.0. The van der Waals surface area contributed by atoms with Gasteiger partial charge in [0.05, 0.1) is 30.1 Å². The first-order chi connectivity index (χ1) is 21.8. The molecule has 0 spiro atoms. The van der Waals surface area contributed by atoms with E-state index >= 15 is 0 Å². The Morgan fingerprint density at radius 3 is 2.44 bits per heavy atom. The maximum Gasteiger partial charge on any atom is 0.271 e. The van der Waals surface area contributed by atoms with Crippen LogP contribution in [0.2, 0.25) is 0 Å². The third-order valence-electron chi connectivity index (χ3n) is 7.91. The van der Waals surface area contributed by atoms with Crippen LogP contribution in [0, 0.1) is 15.9 Å². The summed E-state index contributed by atoms with van der Waals surface area (Å²) in [6.45, 7) is 0.213. The standard InChI is InChI=1S/C34H22Br2FN3O4S/c35-27-15-20(16-28(36)32(27)44-18-19-5-12-24(13-6-19)40(42)43)17-29-33(41)39-31(22-7-10-23(37)11-8-22)26-14-9-21-3-1-2-4-25(21)30(26)38-34(39)45-29/h1-8,10-13,15-17,31H,9,14,18H2/b29-17+/t31-/m1/s1. The van der Waals surface area contributed by atoms with Crippen LogP contribution in [-0.4, -0.2) is 9.49 Å². The van der Waals surface area contributed by atoms with Crippen molar-refractivity contribution in [1.82, 2.24) is 4.57 Å². The highest BCUT2D eigenvalue weighted by Gasteiger charge is 2.32. The van der Waals surface area contributed by atoms with Gasteiger partial charge >= 0.3 is 0 Å². The number of non-ortho nitro benzene ring substituents is 1. The third-order valence-corrected chi connectivity index (χ3v) is 10.1. The van der Waals surface area contributed by atoms with Gasteiger partial charge in [-0.15, -0.1) is 0 Å². The van der Waals surface area contributed by atoms with Crippen molar-refractivity contribution < 1.29 is 14.1 Å². The van der Waals surface area contributed by atoms with E-state index < -0.39 is 4.92 Å². The minimum atomic E-state index is -0.441. The zero-order valence-corrected chi connectivity index (χ0v) is 27.4. The predicted octanol–water partition coefficient (Wildman–Crippen LogP) is 7.47. The number of ether oxygens (including phenoxy) is 1. The van der Waals surface area contributed by atoms with E-state index in [1.54, 1.807) is 28.8 Å². The van der Waals surface area contributed by atoms with Crippen LogP contribution >= 0.6 is 43.2 Å². The summed E-state index contributed by atoms with van der Waals surface area (Å²) in [6, 6.07) is 24.1. The van der Waals surface area contributed by atoms with E-state index in [9.17, 15) is 19.3 Å². The fourth-order valence-corrected chi connectivity index (χ4v) is 8.24. The molecule has 45 heavy (non-hydrogen) atoms. The average Bonchev–Trinajstić information content (AvgIpc) is 3.34. The minimum Gasteiger partial charge on any atom is -0.487 e. The average molecular weight is 747 g/mol. The van der Waals surface area contributed by atoms with Crippen molar-refractivity contribution >= 4 is 60.7 Å². The zero-order valence-electron chi connectivity index (χ0n) is 23.4. The number of fused-ring (bicyclic) bond motifs is 3. The maximum atomic E-state index is 14.0. The molecule has 11 heteroatoms. The molecule has 4 aromatic carbocycles. The van der Waals surface area contributed by atoms with Crippen LogP contribution < -0.4 is 19.6 Å². The van der Waals surface area contributed by atoms with Crippen LogP contribution in [0.15, 0.2) is 109 Å². The van der Waals surface area contributed by atoms with Crippen molar-refractivity contribution in [3.8, 4) is 5.75 Å². The number of nitro benzene ring substituents is 1. The molecule has 224 valence electrons. The summed E-state index contributed by atoms with van der Waals surface area (Å²) < 4.78 is 23.6. The lowest BCUT2D eigenvalue weighted by atomic mass is 9.83. The zero-order chi connectivity index (χ0) is 31.2. The molecule has 2 aliphatic rings. The van der Waals surface area contributed by atoms with E-state index in [-0.39, 0.29) is 29.7 Å². The molecule has 0 N–H and O–H groups in total. The van der Waals surface area contributed by atoms with E-state index in [1.807, 2.05) is 30.3 Å². The molecule has 7 nitrogen and oxygen atoms in total. The van der Waals surface area contributed by atoms with Gasteiger partial charge in [0.25, 0.3) is 11.2 Å². The Kier molecular flexibility index (Phi) is 7.84. The van der Waals surface area contributed by atoms with Crippen LogP contribution in [0.5, 0.6) is 5.75 Å². The summed E-state index contributed by atoms with van der Waals surface area (Å²) >= 11 is 8.51. The van der Waals surface area contributed by atoms with Gasteiger partial charge in [-0.25, -0.2) is 9.38 Å². The number of nitro groups is 1. The third kappa shape index (κ3) is 5.60. The molecular formula is C34H22Br2FN3O4S. The van der Waals surface area contributed by atoms with Crippen molar-refractivity contribution in [2.75, 3.05) is 0 Å². The van der Waals surface area contributed by atoms with Crippen molar-refractivity contribution in [3.05, 3.63) is 163 Å². The largest absolute Gasteiger partial charge is 0.487 e. The summed E-state index contributed by atoms with van der Waals surface area (Å²) in [5.41, 5.74) is 6.49. The second-order valence-electron chi connectivity index (χ2n) is 10.7. The van der Waals surface area contributed by atoms with E-state index in [1.165, 1.54) is 41.2 Å². The lowest BCUT2D eigenvalue weighted by Gasteiger charge is -2.30. The maximum absolute atomic E-state index is 14.0. The first-order valence-electron chi connectivity index (χ1n) is 14.0. The van der Waals surface area contributed by atoms with Crippen molar-refractivity contribution in [2.45, 2.75) is 25.5 Å². The Morgan fingerprint density at radius 2 is 1.73 bits per heavy atom. The molecule has 2 heterocycles. The summed E-state index contributed by atoms with van der Waals surface area (Å²) in [7, 11) is 0. The molecule has 1 aromatic heterocycles. The van der Waals surface area contributed by atoms with E-state index in [0.29, 0.717) is 24.0 Å². The molecule has 0 amide bonds. The molecule has 1 atom stereocenters. The van der Waals surface area contributed by atoms with Gasteiger partial charge in [0, 0.05) is 17.7 Å². The highest BCUT2D eigenvalue weighted by atomic mass is 79.9. The summed E-state index contributed by atoms with van der Waals surface area (Å²) in [6.07, 6.45) is 3.42. The monoisotopic (exact) mass is 745 g/mol. The molecule has 0 saturated heterocycles. The Labute approximate surface area is 277 Å². The molecule has 1 aliphatic heterocycles. The van der Waals surface area contributed by atoms with Gasteiger partial charge in [-0.3, -0.25) is 19.5 Å². The number of hydrogen-bond donors (Lipinski definition) is 0. The first-order valence-corrected chi connectivity index (χ1v) is 16.4. The fraction of sp³-hybridized carbons (Fsp3) is 0.118. The Balaban J connectivity index is 1.27. The molecule has 0 saturated carbocycles. The Bertz CT molecular complexity index is 2190. The highest BCUT2D eigenvalue weighted by Crippen LogP contribution is 2.41. The minimum absolute atomic E-state index is 0.0183. The number of aryl methyl sites for hydroxylation is 1. The quantitative estimate of drug-likeness (QED) is 0.133. The van der Waals surface area contributed by atoms with E-state index in [4.69, 9.17) is 9.73 Å². The Morgan fingerprint density at radius 1 is 1.02 bits per heavy atom. The number of nitrogens with zero attached hydrogens (tertiary/aromatic N) is 3. The molecule has 1 aliphatic carbocycles. The van der Waals surface area contributed by atoms with Gasteiger partial charge in [0.2, 0.25) is 0 Å².